The Morgan fingerprint density at radius 3 is 2.86 bits per heavy atom. The molecule has 7 heteroatoms. The molecule has 0 unspecified atom stereocenters. The average molecular weight is 287 g/mol. The van der Waals surface area contributed by atoms with E-state index in [4.69, 9.17) is 10.5 Å². The quantitative estimate of drug-likeness (QED) is 0.741. The maximum atomic E-state index is 12.1. The number of imidazole rings is 1. The zero-order valence-electron chi connectivity index (χ0n) is 12.3. The number of nitrogens with two attached hydrogens (primary N) is 1. The highest BCUT2D eigenvalue weighted by atomic mass is 16.5. The van der Waals surface area contributed by atoms with Crippen LogP contribution in [0.1, 0.15) is 24.3 Å². The lowest BCUT2D eigenvalue weighted by atomic mass is 10.2. The number of aryl methyl sites for hydroxylation is 2. The summed E-state index contributed by atoms with van der Waals surface area (Å²) in [5.41, 5.74) is 8.66. The summed E-state index contributed by atoms with van der Waals surface area (Å²) < 4.78 is 8.81. The largest absolute Gasteiger partial charge is 0.461 e. The van der Waals surface area contributed by atoms with Crippen molar-refractivity contribution in [2.24, 2.45) is 7.05 Å². The first-order valence-electron chi connectivity index (χ1n) is 6.85. The van der Waals surface area contributed by atoms with Crippen molar-refractivity contribution in [3.05, 3.63) is 18.1 Å². The second-order valence-electron chi connectivity index (χ2n) is 4.78. The molecule has 0 radical (unpaired) electrons. The van der Waals surface area contributed by atoms with Gasteiger partial charge in [0.2, 0.25) is 0 Å². The van der Waals surface area contributed by atoms with Gasteiger partial charge in [0.05, 0.1) is 18.5 Å². The number of anilines is 1. The van der Waals surface area contributed by atoms with Gasteiger partial charge in [0.25, 0.3) is 0 Å². The maximum absolute atomic E-state index is 12.1. The van der Waals surface area contributed by atoms with E-state index in [1.54, 1.807) is 19.3 Å². The molecule has 0 atom stereocenters. The van der Waals surface area contributed by atoms with Gasteiger partial charge in [-0.05, 0) is 19.9 Å². The third kappa shape index (κ3) is 1.84. The highest BCUT2D eigenvalue weighted by molar-refractivity contribution is 6.08. The van der Waals surface area contributed by atoms with Gasteiger partial charge in [0.1, 0.15) is 16.9 Å². The fourth-order valence-electron chi connectivity index (χ4n) is 2.63. The van der Waals surface area contributed by atoms with E-state index in [9.17, 15) is 4.79 Å². The first-order valence-corrected chi connectivity index (χ1v) is 6.85. The third-order valence-electron chi connectivity index (χ3n) is 3.53. The maximum Gasteiger partial charge on any atom is 0.355 e. The molecule has 7 nitrogen and oxygen atoms in total. The lowest BCUT2D eigenvalue weighted by Gasteiger charge is -2.07. The van der Waals surface area contributed by atoms with E-state index >= 15 is 0 Å². The molecule has 3 rings (SSSR count). The molecule has 3 aromatic heterocycles. The summed E-state index contributed by atoms with van der Waals surface area (Å²) in [5.74, 6) is 0.00699. The Hall–Kier alpha value is -2.57. The number of hydrogen-bond acceptors (Lipinski definition) is 5. The molecule has 21 heavy (non-hydrogen) atoms. The first kappa shape index (κ1) is 13.4. The van der Waals surface area contributed by atoms with Crippen LogP contribution in [0.5, 0.6) is 0 Å². The molecular formula is C14H17N5O2. The molecule has 0 aliphatic heterocycles. The van der Waals surface area contributed by atoms with Crippen LogP contribution in [0.25, 0.3) is 22.1 Å². The van der Waals surface area contributed by atoms with Gasteiger partial charge in [0.15, 0.2) is 5.82 Å². The van der Waals surface area contributed by atoms with Crippen LogP contribution in [0.4, 0.5) is 5.82 Å². The Kier molecular flexibility index (Phi) is 3.04. The van der Waals surface area contributed by atoms with Gasteiger partial charge in [-0.3, -0.25) is 0 Å². The number of carbonyl (C=O) groups excluding carboxylic acids is 1. The number of rotatable bonds is 3. The summed E-state index contributed by atoms with van der Waals surface area (Å²) in [6, 6.07) is 1.80. The van der Waals surface area contributed by atoms with Crippen molar-refractivity contribution >= 4 is 33.9 Å². The fraction of sp³-hybridized carbons (Fsp3) is 0.357. The number of nitrogen functional groups attached to an aromatic ring is 1. The molecule has 3 heterocycles. The van der Waals surface area contributed by atoms with Gasteiger partial charge in [-0.1, -0.05) is 0 Å². The molecule has 2 N–H and O–H groups in total. The lowest BCUT2D eigenvalue weighted by Crippen LogP contribution is -2.11. The van der Waals surface area contributed by atoms with Gasteiger partial charge in [-0.25, -0.2) is 14.8 Å². The fourth-order valence-corrected chi connectivity index (χ4v) is 2.63. The van der Waals surface area contributed by atoms with E-state index in [0.717, 1.165) is 10.9 Å². The molecule has 0 bridgehead atoms. The van der Waals surface area contributed by atoms with Crippen molar-refractivity contribution in [1.82, 2.24) is 19.1 Å². The lowest BCUT2D eigenvalue weighted by molar-refractivity contribution is 0.0514. The SMILES string of the molecule is CCOC(=O)c1cc2c3c(ncn3C)c(N)nc2n1CC. The molecule has 3 aromatic rings. The predicted octanol–water partition coefficient (Wildman–Crippen LogP) is 1.70. The number of nitrogens with zero attached hydrogens (tertiary/aromatic N) is 4. The molecule has 110 valence electrons. The third-order valence-corrected chi connectivity index (χ3v) is 3.53. The molecule has 0 amide bonds. The zero-order valence-corrected chi connectivity index (χ0v) is 12.3. The minimum Gasteiger partial charge on any atom is -0.461 e. The van der Waals surface area contributed by atoms with Gasteiger partial charge < -0.3 is 19.6 Å². The summed E-state index contributed by atoms with van der Waals surface area (Å²) in [4.78, 5) is 20.8. The van der Waals surface area contributed by atoms with E-state index in [0.29, 0.717) is 35.8 Å². The number of esters is 1. The normalized spacial score (nSPS) is 11.4. The summed E-state index contributed by atoms with van der Waals surface area (Å²) in [6.45, 7) is 4.67. The van der Waals surface area contributed by atoms with Crippen LogP contribution in [0, 0.1) is 0 Å². The van der Waals surface area contributed by atoms with Gasteiger partial charge in [-0.2, -0.15) is 0 Å². The van der Waals surface area contributed by atoms with E-state index in [2.05, 4.69) is 9.97 Å². The number of carbonyl (C=O) groups is 1. The number of hydrogen-bond donors (Lipinski definition) is 1. The van der Waals surface area contributed by atoms with Crippen molar-refractivity contribution in [3.63, 3.8) is 0 Å². The first-order chi connectivity index (χ1) is 10.1. The summed E-state index contributed by atoms with van der Waals surface area (Å²) in [6.07, 6.45) is 1.69. The average Bonchev–Trinajstić information content (AvgIpc) is 3.00. The van der Waals surface area contributed by atoms with Crippen LogP contribution >= 0.6 is 0 Å². The molecule has 0 aliphatic carbocycles. The number of aromatic nitrogens is 4. The van der Waals surface area contributed by atoms with Gasteiger partial charge >= 0.3 is 5.97 Å². The van der Waals surface area contributed by atoms with E-state index in [-0.39, 0.29) is 5.97 Å². The Labute approximate surface area is 121 Å². The van der Waals surface area contributed by atoms with Crippen molar-refractivity contribution in [1.29, 1.82) is 0 Å². The van der Waals surface area contributed by atoms with Crippen molar-refractivity contribution in [2.45, 2.75) is 20.4 Å². The minimum absolute atomic E-state index is 0.334. The van der Waals surface area contributed by atoms with Crippen LogP contribution in [0.2, 0.25) is 0 Å². The zero-order chi connectivity index (χ0) is 15.1. The van der Waals surface area contributed by atoms with Crippen LogP contribution < -0.4 is 5.73 Å². The van der Waals surface area contributed by atoms with Crippen molar-refractivity contribution < 1.29 is 9.53 Å². The summed E-state index contributed by atoms with van der Waals surface area (Å²) >= 11 is 0. The Bertz CT molecular complexity index is 846. The van der Waals surface area contributed by atoms with Gasteiger partial charge in [-0.15, -0.1) is 0 Å². The second-order valence-corrected chi connectivity index (χ2v) is 4.78. The number of pyridine rings is 1. The molecule has 0 aromatic carbocycles. The Morgan fingerprint density at radius 1 is 1.43 bits per heavy atom. The van der Waals surface area contributed by atoms with E-state index in [1.807, 2.05) is 23.1 Å². The summed E-state index contributed by atoms with van der Waals surface area (Å²) in [5, 5.41) is 0.851. The minimum atomic E-state index is -0.355. The number of ether oxygens (including phenoxy) is 1. The van der Waals surface area contributed by atoms with E-state index < -0.39 is 0 Å². The molecule has 0 saturated carbocycles. The topological polar surface area (TPSA) is 88.0 Å². The van der Waals surface area contributed by atoms with Crippen molar-refractivity contribution in [2.75, 3.05) is 12.3 Å². The molecule has 0 fully saturated rings. The molecule has 0 saturated heterocycles. The molecule has 0 spiro atoms. The van der Waals surface area contributed by atoms with Gasteiger partial charge in [0, 0.05) is 19.0 Å². The Morgan fingerprint density at radius 2 is 2.19 bits per heavy atom. The highest BCUT2D eigenvalue weighted by Crippen LogP contribution is 2.29. The van der Waals surface area contributed by atoms with Crippen LogP contribution in [-0.2, 0) is 18.3 Å². The molecule has 0 aliphatic rings. The number of fused-ring (bicyclic) bond motifs is 3. The van der Waals surface area contributed by atoms with Crippen LogP contribution in [0.3, 0.4) is 0 Å². The smallest absolute Gasteiger partial charge is 0.355 e. The van der Waals surface area contributed by atoms with Crippen LogP contribution in [0.15, 0.2) is 12.4 Å². The summed E-state index contributed by atoms with van der Waals surface area (Å²) in [7, 11) is 1.89. The van der Waals surface area contributed by atoms with Crippen molar-refractivity contribution in [3.8, 4) is 0 Å². The predicted molar refractivity (Wildman–Crippen MR) is 80.0 cm³/mol. The standard InChI is InChI=1S/C14H17N5O2/c1-4-19-9(14(20)21-5-2)6-8-11-10(16-7-18(11)3)12(15)17-13(8)19/h6-7H,4-5H2,1-3H3,(H2,15,17). The second kappa shape index (κ2) is 4.76. The molecular weight excluding hydrogens is 270 g/mol. The highest BCUT2D eigenvalue weighted by Gasteiger charge is 2.21. The van der Waals surface area contributed by atoms with Crippen LogP contribution in [-0.4, -0.2) is 31.7 Å². The monoisotopic (exact) mass is 287 g/mol. The van der Waals surface area contributed by atoms with E-state index in [1.165, 1.54) is 0 Å². The Balaban J connectivity index is 2.40.